The number of rotatable bonds is 7. The van der Waals surface area contributed by atoms with Crippen molar-refractivity contribution in [1.82, 2.24) is 10.2 Å². The Bertz CT molecular complexity index is 774. The van der Waals surface area contributed by atoms with Gasteiger partial charge in [-0.25, -0.2) is 4.79 Å². The van der Waals surface area contributed by atoms with Gasteiger partial charge < -0.3 is 25.0 Å². The lowest BCUT2D eigenvalue weighted by Crippen LogP contribution is -2.46. The van der Waals surface area contributed by atoms with Gasteiger partial charge in [0.15, 0.2) is 5.11 Å². The number of nitrogens with one attached hydrogen (secondary N) is 2. The predicted octanol–water partition coefficient (Wildman–Crippen LogP) is 2.61. The predicted molar refractivity (Wildman–Crippen MR) is 112 cm³/mol. The molecule has 0 bridgehead atoms. The van der Waals surface area contributed by atoms with Crippen molar-refractivity contribution in [2.45, 2.75) is 26.8 Å². The van der Waals surface area contributed by atoms with Gasteiger partial charge in [-0.1, -0.05) is 26.0 Å². The molecule has 0 spiro atoms. The van der Waals surface area contributed by atoms with Crippen molar-refractivity contribution in [1.29, 1.82) is 0 Å². The van der Waals surface area contributed by atoms with Gasteiger partial charge >= 0.3 is 5.97 Å². The zero-order valence-electron chi connectivity index (χ0n) is 16.9. The fraction of sp³-hybridized carbons (Fsp3) is 0.450. The maximum Gasteiger partial charge on any atom is 0.338 e. The summed E-state index contributed by atoms with van der Waals surface area (Å²) >= 11 is 5.39. The summed E-state index contributed by atoms with van der Waals surface area (Å²) < 4.78 is 10.3. The minimum absolute atomic E-state index is 0.0514. The Kier molecular flexibility index (Phi) is 7.53. The van der Waals surface area contributed by atoms with Crippen LogP contribution in [0.1, 0.15) is 32.4 Å². The van der Waals surface area contributed by atoms with E-state index < -0.39 is 12.0 Å². The van der Waals surface area contributed by atoms with Gasteiger partial charge in [-0.05, 0) is 36.8 Å². The number of ether oxygens (including phenoxy) is 2. The van der Waals surface area contributed by atoms with Gasteiger partial charge in [0.05, 0.1) is 18.2 Å². The second kappa shape index (κ2) is 9.66. The monoisotopic (exact) mass is 405 g/mol. The molecule has 1 heterocycles. The third-order valence-corrected chi connectivity index (χ3v) is 4.92. The Labute approximate surface area is 171 Å². The molecule has 28 heavy (non-hydrogen) atoms. The lowest BCUT2D eigenvalue weighted by Gasteiger charge is -2.35. The lowest BCUT2D eigenvalue weighted by atomic mass is 9.95. The highest BCUT2D eigenvalue weighted by Crippen LogP contribution is 2.31. The molecule has 1 aromatic carbocycles. The molecule has 1 aliphatic heterocycles. The summed E-state index contributed by atoms with van der Waals surface area (Å²) in [6, 6.07) is 6.90. The van der Waals surface area contributed by atoms with E-state index in [4.69, 9.17) is 21.7 Å². The molecule has 8 heteroatoms. The molecule has 0 radical (unpaired) electrons. The Morgan fingerprint density at radius 1 is 1.25 bits per heavy atom. The van der Waals surface area contributed by atoms with Crippen molar-refractivity contribution in [2.75, 3.05) is 32.7 Å². The van der Waals surface area contributed by atoms with Gasteiger partial charge in [-0.3, -0.25) is 4.79 Å². The van der Waals surface area contributed by atoms with Crippen molar-refractivity contribution < 1.29 is 19.1 Å². The molecule has 1 unspecified atom stereocenters. The number of esters is 1. The van der Waals surface area contributed by atoms with Crippen molar-refractivity contribution in [3.05, 3.63) is 41.1 Å². The smallest absolute Gasteiger partial charge is 0.338 e. The van der Waals surface area contributed by atoms with E-state index in [1.54, 1.807) is 19.1 Å². The standard InChI is InChI=1S/C20H27N3O4S/c1-12(2)18(24)21-15-8-6-14(7-9-15)17-16(19(25)27-11-10-26-5)13(3)23(4)20(28)22-17/h6-9,12,17H,10-11H2,1-5H3,(H,21,24)(H,22,28). The highest BCUT2D eigenvalue weighted by Gasteiger charge is 2.33. The topological polar surface area (TPSA) is 79.9 Å². The third-order valence-electron chi connectivity index (χ3n) is 4.53. The Morgan fingerprint density at radius 3 is 2.46 bits per heavy atom. The van der Waals surface area contributed by atoms with Crippen LogP contribution in [0.5, 0.6) is 0 Å². The van der Waals surface area contributed by atoms with Crippen LogP contribution in [-0.2, 0) is 19.1 Å². The second-order valence-corrected chi connectivity index (χ2v) is 7.22. The molecule has 1 amide bonds. The van der Waals surface area contributed by atoms with Gasteiger partial charge in [0.2, 0.25) is 5.91 Å². The first kappa shape index (κ1) is 21.8. The van der Waals surface area contributed by atoms with Crippen LogP contribution in [0.15, 0.2) is 35.5 Å². The molecule has 7 nitrogen and oxygen atoms in total. The first-order chi connectivity index (χ1) is 13.3. The van der Waals surface area contributed by atoms with Gasteiger partial charge in [0.25, 0.3) is 0 Å². The summed E-state index contributed by atoms with van der Waals surface area (Å²) in [7, 11) is 3.35. The zero-order valence-corrected chi connectivity index (χ0v) is 17.7. The van der Waals surface area contributed by atoms with Crippen molar-refractivity contribution in [3.8, 4) is 0 Å². The zero-order chi connectivity index (χ0) is 20.8. The maximum absolute atomic E-state index is 12.7. The Balaban J connectivity index is 2.28. The first-order valence-corrected chi connectivity index (χ1v) is 9.49. The number of carbonyl (C=O) groups excluding carboxylic acids is 2. The SMILES string of the molecule is COCCOC(=O)C1=C(C)N(C)C(=S)NC1c1ccc(NC(=O)C(C)C)cc1. The molecule has 0 aromatic heterocycles. The number of methoxy groups -OCH3 is 1. The molecule has 2 N–H and O–H groups in total. The molecule has 1 atom stereocenters. The minimum atomic E-state index is -0.436. The van der Waals surface area contributed by atoms with Crippen molar-refractivity contribution in [3.63, 3.8) is 0 Å². The van der Waals surface area contributed by atoms with Gasteiger partial charge in [-0.15, -0.1) is 0 Å². The number of anilines is 1. The van der Waals surface area contributed by atoms with E-state index in [1.165, 1.54) is 0 Å². The van der Waals surface area contributed by atoms with Crippen LogP contribution < -0.4 is 10.6 Å². The van der Waals surface area contributed by atoms with Crippen LogP contribution >= 0.6 is 12.2 Å². The van der Waals surface area contributed by atoms with Gasteiger partial charge in [0.1, 0.15) is 6.61 Å². The summed E-state index contributed by atoms with van der Waals surface area (Å²) in [5, 5.41) is 6.57. The largest absolute Gasteiger partial charge is 0.460 e. The summed E-state index contributed by atoms with van der Waals surface area (Å²) in [5.41, 5.74) is 2.76. The van der Waals surface area contributed by atoms with Crippen LogP contribution in [0.25, 0.3) is 0 Å². The van der Waals surface area contributed by atoms with E-state index in [0.717, 1.165) is 11.3 Å². The minimum Gasteiger partial charge on any atom is -0.460 e. The van der Waals surface area contributed by atoms with E-state index in [0.29, 0.717) is 23.0 Å². The number of thiocarbonyl (C=S) groups is 1. The number of allylic oxidation sites excluding steroid dienone is 1. The molecule has 0 fully saturated rings. The lowest BCUT2D eigenvalue weighted by molar-refractivity contribution is -0.140. The molecule has 0 saturated heterocycles. The number of hydrogen-bond donors (Lipinski definition) is 2. The van der Waals surface area contributed by atoms with E-state index in [1.807, 2.05) is 45.0 Å². The molecule has 2 rings (SSSR count). The molecular formula is C20H27N3O4S. The molecule has 0 saturated carbocycles. The van der Waals surface area contributed by atoms with E-state index in [9.17, 15) is 9.59 Å². The average Bonchev–Trinajstić information content (AvgIpc) is 2.66. The normalized spacial score (nSPS) is 16.9. The van der Waals surface area contributed by atoms with Gasteiger partial charge in [0, 0.05) is 31.5 Å². The van der Waals surface area contributed by atoms with Crippen LogP contribution in [0, 0.1) is 5.92 Å². The van der Waals surface area contributed by atoms with Crippen molar-refractivity contribution in [2.24, 2.45) is 5.92 Å². The summed E-state index contributed by atoms with van der Waals surface area (Å²) in [6.07, 6.45) is 0. The van der Waals surface area contributed by atoms with Crippen LogP contribution in [0.2, 0.25) is 0 Å². The van der Waals surface area contributed by atoms with Gasteiger partial charge in [-0.2, -0.15) is 0 Å². The highest BCUT2D eigenvalue weighted by atomic mass is 32.1. The Hall–Kier alpha value is -2.45. The number of hydrogen-bond acceptors (Lipinski definition) is 5. The Morgan fingerprint density at radius 2 is 1.89 bits per heavy atom. The van der Waals surface area contributed by atoms with E-state index in [-0.39, 0.29) is 18.4 Å². The maximum atomic E-state index is 12.7. The fourth-order valence-electron chi connectivity index (χ4n) is 2.69. The quantitative estimate of drug-likeness (QED) is 0.410. The van der Waals surface area contributed by atoms with E-state index >= 15 is 0 Å². The van der Waals surface area contributed by atoms with E-state index in [2.05, 4.69) is 10.6 Å². The first-order valence-electron chi connectivity index (χ1n) is 9.08. The second-order valence-electron chi connectivity index (χ2n) is 6.84. The molecule has 0 aliphatic carbocycles. The molecular weight excluding hydrogens is 378 g/mol. The fourth-order valence-corrected chi connectivity index (χ4v) is 2.95. The number of nitrogens with zero attached hydrogens (tertiary/aromatic N) is 1. The highest BCUT2D eigenvalue weighted by molar-refractivity contribution is 7.80. The average molecular weight is 406 g/mol. The van der Waals surface area contributed by atoms with Crippen LogP contribution in [-0.4, -0.2) is 49.3 Å². The third kappa shape index (κ3) is 5.08. The number of amides is 1. The number of carbonyl (C=O) groups is 2. The summed E-state index contributed by atoms with van der Waals surface area (Å²) in [5.74, 6) is -0.574. The number of benzene rings is 1. The summed E-state index contributed by atoms with van der Waals surface area (Å²) in [4.78, 5) is 26.3. The van der Waals surface area contributed by atoms with Crippen molar-refractivity contribution >= 4 is 34.9 Å². The van der Waals surface area contributed by atoms with Crippen LogP contribution in [0.4, 0.5) is 5.69 Å². The molecule has 152 valence electrons. The molecule has 1 aromatic rings. The summed E-state index contributed by atoms with van der Waals surface area (Å²) in [6.45, 7) is 6.01. The van der Waals surface area contributed by atoms with Crippen LogP contribution in [0.3, 0.4) is 0 Å². The molecule has 1 aliphatic rings.